The van der Waals surface area contributed by atoms with Gasteiger partial charge in [0.05, 0.1) is 0 Å². The van der Waals surface area contributed by atoms with E-state index in [0.29, 0.717) is 11.1 Å². The molecule has 0 fully saturated rings. The highest BCUT2D eigenvalue weighted by atomic mass is 16.5. The zero-order valence-corrected chi connectivity index (χ0v) is 11.2. The minimum atomic E-state index is -0.583. The molecule has 0 aliphatic carbocycles. The number of rotatable bonds is 4. The Kier molecular flexibility index (Phi) is 6.51. The van der Waals surface area contributed by atoms with E-state index in [1.165, 1.54) is 0 Å². The lowest BCUT2D eigenvalue weighted by Crippen LogP contribution is -2.16. The number of ether oxygens (including phenoxy) is 2. The summed E-state index contributed by atoms with van der Waals surface area (Å²) < 4.78 is 9.89. The molecule has 0 radical (unpaired) electrons. The molecule has 0 amide bonds. The van der Waals surface area contributed by atoms with Crippen LogP contribution in [0.4, 0.5) is 0 Å². The predicted octanol–water partition coefficient (Wildman–Crippen LogP) is 2.01. The Morgan fingerprint density at radius 3 is 1.39 bits per heavy atom. The fraction of sp³-hybridized carbons (Fsp3) is 0.429. The molecule has 0 aromatic heterocycles. The van der Waals surface area contributed by atoms with Gasteiger partial charge >= 0.3 is 11.9 Å². The second kappa shape index (κ2) is 7.33. The van der Waals surface area contributed by atoms with E-state index >= 15 is 0 Å². The SMILES string of the molecule is C=C(C)C(=O)OC(C)C#CC(C)OC(=O)C(=C)C. The Morgan fingerprint density at radius 1 is 0.889 bits per heavy atom. The maximum Gasteiger partial charge on any atom is 0.334 e. The summed E-state index contributed by atoms with van der Waals surface area (Å²) >= 11 is 0. The molecular formula is C14H18O4. The standard InChI is InChI=1S/C14H18O4/c1-9(2)13(15)17-11(5)7-8-12(6)18-14(16)10(3)4/h11-12H,1,3H2,2,4-6H3. The minimum Gasteiger partial charge on any atom is -0.446 e. The van der Waals surface area contributed by atoms with E-state index in [2.05, 4.69) is 25.0 Å². The van der Waals surface area contributed by atoms with Crippen LogP contribution < -0.4 is 0 Å². The summed E-state index contributed by atoms with van der Waals surface area (Å²) in [5.41, 5.74) is 0.621. The molecule has 0 N–H and O–H groups in total. The van der Waals surface area contributed by atoms with Crippen LogP contribution in [0, 0.1) is 11.8 Å². The van der Waals surface area contributed by atoms with Crippen LogP contribution in [0.5, 0.6) is 0 Å². The minimum absolute atomic E-state index is 0.311. The van der Waals surface area contributed by atoms with Gasteiger partial charge in [-0.2, -0.15) is 0 Å². The largest absolute Gasteiger partial charge is 0.446 e. The maximum atomic E-state index is 11.2. The van der Waals surface area contributed by atoms with Crippen LogP contribution in [-0.2, 0) is 19.1 Å². The first-order valence-corrected chi connectivity index (χ1v) is 5.48. The van der Waals surface area contributed by atoms with Crippen molar-refractivity contribution in [1.82, 2.24) is 0 Å². The first-order valence-electron chi connectivity index (χ1n) is 5.48. The van der Waals surface area contributed by atoms with Gasteiger partial charge in [-0.25, -0.2) is 9.59 Å². The molecule has 0 aromatic rings. The van der Waals surface area contributed by atoms with Gasteiger partial charge in [-0.3, -0.25) is 0 Å². The molecule has 0 saturated carbocycles. The molecule has 4 heteroatoms. The van der Waals surface area contributed by atoms with Gasteiger partial charge in [0.1, 0.15) is 0 Å². The molecule has 0 aliphatic heterocycles. The molecule has 2 atom stereocenters. The summed E-state index contributed by atoms with van der Waals surface area (Å²) in [6.45, 7) is 13.3. The van der Waals surface area contributed by atoms with Crippen LogP contribution in [0.15, 0.2) is 24.3 Å². The predicted molar refractivity (Wildman–Crippen MR) is 68.5 cm³/mol. The van der Waals surface area contributed by atoms with E-state index in [9.17, 15) is 9.59 Å². The van der Waals surface area contributed by atoms with Crippen molar-refractivity contribution >= 4 is 11.9 Å². The van der Waals surface area contributed by atoms with Gasteiger partial charge in [0.2, 0.25) is 0 Å². The fourth-order valence-electron chi connectivity index (χ4n) is 0.816. The van der Waals surface area contributed by atoms with Gasteiger partial charge in [-0.05, 0) is 27.7 Å². The molecule has 2 unspecified atom stereocenters. The molecule has 98 valence electrons. The molecule has 0 spiro atoms. The molecule has 18 heavy (non-hydrogen) atoms. The highest BCUT2D eigenvalue weighted by Crippen LogP contribution is 1.99. The van der Waals surface area contributed by atoms with E-state index in [4.69, 9.17) is 9.47 Å². The van der Waals surface area contributed by atoms with Gasteiger partial charge in [-0.15, -0.1) is 0 Å². The van der Waals surface area contributed by atoms with Crippen LogP contribution in [-0.4, -0.2) is 24.1 Å². The Labute approximate surface area is 108 Å². The van der Waals surface area contributed by atoms with E-state index in [-0.39, 0.29) is 0 Å². The van der Waals surface area contributed by atoms with Crippen molar-refractivity contribution in [2.24, 2.45) is 0 Å². The zero-order chi connectivity index (χ0) is 14.3. The zero-order valence-electron chi connectivity index (χ0n) is 11.2. The third kappa shape index (κ3) is 6.54. The van der Waals surface area contributed by atoms with Crippen LogP contribution in [0.3, 0.4) is 0 Å². The van der Waals surface area contributed by atoms with Crippen molar-refractivity contribution in [1.29, 1.82) is 0 Å². The molecule has 0 rings (SSSR count). The van der Waals surface area contributed by atoms with Crippen molar-refractivity contribution < 1.29 is 19.1 Å². The highest BCUT2D eigenvalue weighted by molar-refractivity contribution is 5.87. The van der Waals surface area contributed by atoms with Crippen molar-refractivity contribution in [3.63, 3.8) is 0 Å². The quantitative estimate of drug-likeness (QED) is 0.435. The van der Waals surface area contributed by atoms with Gasteiger partial charge in [0.15, 0.2) is 12.2 Å². The Balaban J connectivity index is 4.31. The molecule has 0 bridgehead atoms. The number of hydrogen-bond acceptors (Lipinski definition) is 4. The molecule has 0 heterocycles. The Hall–Kier alpha value is -2.02. The summed E-state index contributed by atoms with van der Waals surface area (Å²) in [4.78, 5) is 22.4. The van der Waals surface area contributed by atoms with Gasteiger partial charge in [-0.1, -0.05) is 25.0 Å². The first-order chi connectivity index (χ1) is 8.23. The second-order valence-electron chi connectivity index (χ2n) is 3.94. The highest BCUT2D eigenvalue weighted by Gasteiger charge is 2.09. The van der Waals surface area contributed by atoms with Crippen LogP contribution >= 0.6 is 0 Å². The molecule has 0 saturated heterocycles. The third-order valence-electron chi connectivity index (χ3n) is 1.75. The number of hydrogen-bond donors (Lipinski definition) is 0. The van der Waals surface area contributed by atoms with Gasteiger partial charge in [0, 0.05) is 11.1 Å². The van der Waals surface area contributed by atoms with Crippen LogP contribution in [0.1, 0.15) is 27.7 Å². The fourth-order valence-corrected chi connectivity index (χ4v) is 0.816. The third-order valence-corrected chi connectivity index (χ3v) is 1.75. The lowest BCUT2D eigenvalue weighted by atomic mass is 10.3. The summed E-state index contributed by atoms with van der Waals surface area (Å²) in [6.07, 6.45) is -1.17. The first kappa shape index (κ1) is 16.0. The summed E-state index contributed by atoms with van der Waals surface area (Å²) in [5.74, 6) is 4.35. The van der Waals surface area contributed by atoms with Crippen LogP contribution in [0.2, 0.25) is 0 Å². The lowest BCUT2D eigenvalue weighted by Gasteiger charge is -2.08. The van der Waals surface area contributed by atoms with E-state index < -0.39 is 24.1 Å². The molecule has 0 aliphatic rings. The molecule has 4 nitrogen and oxygen atoms in total. The Morgan fingerprint density at radius 2 is 1.17 bits per heavy atom. The number of carbonyl (C=O) groups excluding carboxylic acids is 2. The van der Waals surface area contributed by atoms with Crippen molar-refractivity contribution in [2.45, 2.75) is 39.9 Å². The van der Waals surface area contributed by atoms with E-state index in [0.717, 1.165) is 0 Å². The smallest absolute Gasteiger partial charge is 0.334 e. The van der Waals surface area contributed by atoms with Crippen molar-refractivity contribution in [2.75, 3.05) is 0 Å². The topological polar surface area (TPSA) is 52.6 Å². The van der Waals surface area contributed by atoms with Gasteiger partial charge < -0.3 is 9.47 Å². The average Bonchev–Trinajstić information content (AvgIpc) is 2.25. The molecular weight excluding hydrogens is 232 g/mol. The monoisotopic (exact) mass is 250 g/mol. The average molecular weight is 250 g/mol. The van der Waals surface area contributed by atoms with E-state index in [1.54, 1.807) is 27.7 Å². The lowest BCUT2D eigenvalue weighted by molar-refractivity contribution is -0.142. The number of carbonyl (C=O) groups is 2. The van der Waals surface area contributed by atoms with Crippen molar-refractivity contribution in [3.8, 4) is 11.8 Å². The normalized spacial score (nSPS) is 12.4. The summed E-state index contributed by atoms with van der Waals surface area (Å²) in [5, 5.41) is 0. The number of esters is 2. The maximum absolute atomic E-state index is 11.2. The van der Waals surface area contributed by atoms with Crippen molar-refractivity contribution in [3.05, 3.63) is 24.3 Å². The Bertz CT molecular complexity index is 385. The second-order valence-corrected chi connectivity index (χ2v) is 3.94. The molecule has 0 aromatic carbocycles. The van der Waals surface area contributed by atoms with Gasteiger partial charge in [0.25, 0.3) is 0 Å². The van der Waals surface area contributed by atoms with Crippen LogP contribution in [0.25, 0.3) is 0 Å². The summed E-state index contributed by atoms with van der Waals surface area (Å²) in [6, 6.07) is 0. The van der Waals surface area contributed by atoms with E-state index in [1.807, 2.05) is 0 Å². The summed E-state index contributed by atoms with van der Waals surface area (Å²) in [7, 11) is 0.